The van der Waals surface area contributed by atoms with Crippen molar-refractivity contribution < 1.29 is 4.79 Å². The van der Waals surface area contributed by atoms with Gasteiger partial charge in [0.15, 0.2) is 5.13 Å². The standard InChI is InChI=1S/C27H26N2OS/c1-4-8-24-25(22-14-12-21(13-15-22)20-9-6-5-7-10-20)28-27(31-24)29-26(30)23-16-11-18(2)17-19(23)3/h5-7,9-17H,4,8H2,1-3H3,(H,28,29,30). The molecule has 0 saturated heterocycles. The van der Waals surface area contributed by atoms with Gasteiger partial charge in [-0.15, -0.1) is 11.3 Å². The minimum atomic E-state index is -0.111. The molecule has 1 heterocycles. The Hall–Kier alpha value is -3.24. The van der Waals surface area contributed by atoms with E-state index in [1.807, 2.05) is 50.2 Å². The predicted octanol–water partition coefficient (Wildman–Crippen LogP) is 7.30. The first kappa shape index (κ1) is 21.0. The smallest absolute Gasteiger partial charge is 0.257 e. The number of rotatable bonds is 6. The van der Waals surface area contributed by atoms with Crippen molar-refractivity contribution >= 4 is 22.4 Å². The third-order valence-corrected chi connectivity index (χ3v) is 6.32. The van der Waals surface area contributed by atoms with E-state index >= 15 is 0 Å². The second kappa shape index (κ2) is 9.27. The number of aromatic nitrogens is 1. The van der Waals surface area contributed by atoms with E-state index in [0.717, 1.165) is 35.2 Å². The van der Waals surface area contributed by atoms with Gasteiger partial charge in [-0.1, -0.05) is 85.6 Å². The molecule has 31 heavy (non-hydrogen) atoms. The van der Waals surface area contributed by atoms with Crippen LogP contribution in [0, 0.1) is 13.8 Å². The highest BCUT2D eigenvalue weighted by atomic mass is 32.1. The van der Waals surface area contributed by atoms with E-state index in [2.05, 4.69) is 48.6 Å². The SMILES string of the molecule is CCCc1sc(NC(=O)c2ccc(C)cc2C)nc1-c1ccc(-c2ccccc2)cc1. The molecular formula is C27H26N2OS. The summed E-state index contributed by atoms with van der Waals surface area (Å²) < 4.78 is 0. The minimum Gasteiger partial charge on any atom is -0.298 e. The maximum absolute atomic E-state index is 12.8. The highest BCUT2D eigenvalue weighted by Gasteiger charge is 2.16. The first-order valence-electron chi connectivity index (χ1n) is 10.6. The molecule has 0 fully saturated rings. The fourth-order valence-electron chi connectivity index (χ4n) is 3.71. The summed E-state index contributed by atoms with van der Waals surface area (Å²) >= 11 is 1.57. The zero-order valence-electron chi connectivity index (χ0n) is 18.1. The minimum absolute atomic E-state index is 0.111. The lowest BCUT2D eigenvalue weighted by Crippen LogP contribution is -2.13. The number of hydrogen-bond acceptors (Lipinski definition) is 3. The summed E-state index contributed by atoms with van der Waals surface area (Å²) in [6, 6.07) is 24.7. The van der Waals surface area contributed by atoms with Crippen molar-refractivity contribution in [2.45, 2.75) is 33.6 Å². The van der Waals surface area contributed by atoms with E-state index in [0.29, 0.717) is 10.7 Å². The van der Waals surface area contributed by atoms with Gasteiger partial charge in [-0.2, -0.15) is 0 Å². The molecule has 0 saturated carbocycles. The summed E-state index contributed by atoms with van der Waals surface area (Å²) in [6.45, 7) is 6.16. The van der Waals surface area contributed by atoms with Crippen LogP contribution in [0.2, 0.25) is 0 Å². The fourth-order valence-corrected chi connectivity index (χ4v) is 4.79. The van der Waals surface area contributed by atoms with E-state index < -0.39 is 0 Å². The highest BCUT2D eigenvalue weighted by molar-refractivity contribution is 7.16. The second-order valence-corrected chi connectivity index (χ2v) is 8.84. The quantitative estimate of drug-likeness (QED) is 0.351. The molecule has 0 radical (unpaired) electrons. The number of anilines is 1. The first-order chi connectivity index (χ1) is 15.0. The molecule has 0 spiro atoms. The van der Waals surface area contributed by atoms with E-state index in [-0.39, 0.29) is 5.91 Å². The largest absolute Gasteiger partial charge is 0.298 e. The molecule has 0 aliphatic rings. The van der Waals surface area contributed by atoms with Crippen molar-refractivity contribution in [3.05, 3.63) is 94.4 Å². The van der Waals surface area contributed by atoms with Crippen LogP contribution in [-0.4, -0.2) is 10.9 Å². The van der Waals surface area contributed by atoms with Gasteiger partial charge in [0.1, 0.15) is 0 Å². The van der Waals surface area contributed by atoms with Crippen LogP contribution in [0.15, 0.2) is 72.8 Å². The van der Waals surface area contributed by atoms with Gasteiger partial charge in [-0.3, -0.25) is 10.1 Å². The maximum Gasteiger partial charge on any atom is 0.257 e. The Morgan fingerprint density at radius 3 is 2.26 bits per heavy atom. The lowest BCUT2D eigenvalue weighted by atomic mass is 10.0. The topological polar surface area (TPSA) is 42.0 Å². The fraction of sp³-hybridized carbons (Fsp3) is 0.185. The normalized spacial score (nSPS) is 10.8. The van der Waals surface area contributed by atoms with E-state index in [9.17, 15) is 4.79 Å². The average Bonchev–Trinajstić information content (AvgIpc) is 3.17. The molecule has 0 aliphatic carbocycles. The number of benzene rings is 3. The zero-order valence-corrected chi connectivity index (χ0v) is 18.9. The van der Waals surface area contributed by atoms with E-state index in [4.69, 9.17) is 4.98 Å². The average molecular weight is 427 g/mol. The summed E-state index contributed by atoms with van der Waals surface area (Å²) in [7, 11) is 0. The number of aryl methyl sites for hydroxylation is 3. The van der Waals surface area contributed by atoms with Crippen LogP contribution < -0.4 is 5.32 Å². The van der Waals surface area contributed by atoms with Crippen LogP contribution in [0.3, 0.4) is 0 Å². The van der Waals surface area contributed by atoms with Crippen molar-refractivity contribution in [1.82, 2.24) is 4.98 Å². The van der Waals surface area contributed by atoms with Gasteiger partial charge in [0.05, 0.1) is 5.69 Å². The molecule has 3 aromatic carbocycles. The first-order valence-corrected chi connectivity index (χ1v) is 11.4. The summed E-state index contributed by atoms with van der Waals surface area (Å²) in [6.07, 6.45) is 1.97. The molecule has 4 aromatic rings. The van der Waals surface area contributed by atoms with Crippen LogP contribution >= 0.6 is 11.3 Å². The number of amides is 1. The molecule has 4 rings (SSSR count). The molecule has 0 atom stereocenters. The lowest BCUT2D eigenvalue weighted by molar-refractivity contribution is 0.102. The number of carbonyl (C=O) groups is 1. The molecule has 0 bridgehead atoms. The third kappa shape index (κ3) is 4.75. The van der Waals surface area contributed by atoms with Crippen molar-refractivity contribution in [2.24, 2.45) is 0 Å². The van der Waals surface area contributed by atoms with Crippen LogP contribution in [-0.2, 0) is 6.42 Å². The van der Waals surface area contributed by atoms with E-state index in [1.165, 1.54) is 16.0 Å². The van der Waals surface area contributed by atoms with Crippen molar-refractivity contribution in [1.29, 1.82) is 0 Å². The zero-order chi connectivity index (χ0) is 21.8. The molecule has 1 N–H and O–H groups in total. The molecule has 156 valence electrons. The molecule has 3 nitrogen and oxygen atoms in total. The summed E-state index contributed by atoms with van der Waals surface area (Å²) in [5.74, 6) is -0.111. The van der Waals surface area contributed by atoms with Crippen molar-refractivity contribution in [2.75, 3.05) is 5.32 Å². The van der Waals surface area contributed by atoms with E-state index in [1.54, 1.807) is 11.3 Å². The molecule has 0 unspecified atom stereocenters. The third-order valence-electron chi connectivity index (χ3n) is 5.29. The lowest BCUT2D eigenvalue weighted by Gasteiger charge is -2.06. The summed E-state index contributed by atoms with van der Waals surface area (Å²) in [5, 5.41) is 3.66. The Bertz CT molecular complexity index is 1190. The Morgan fingerprint density at radius 1 is 0.903 bits per heavy atom. The van der Waals surface area contributed by atoms with Gasteiger partial charge in [-0.25, -0.2) is 4.98 Å². The Labute approximate surface area is 187 Å². The van der Waals surface area contributed by atoms with Gasteiger partial charge in [-0.05, 0) is 43.0 Å². The molecule has 4 heteroatoms. The highest BCUT2D eigenvalue weighted by Crippen LogP contribution is 2.33. The van der Waals surface area contributed by atoms with Crippen molar-refractivity contribution in [3.63, 3.8) is 0 Å². The molecular weight excluding hydrogens is 400 g/mol. The van der Waals surface area contributed by atoms with Gasteiger partial charge >= 0.3 is 0 Å². The Kier molecular flexibility index (Phi) is 6.28. The number of nitrogens with zero attached hydrogens (tertiary/aromatic N) is 1. The predicted molar refractivity (Wildman–Crippen MR) is 131 cm³/mol. The molecule has 1 aromatic heterocycles. The monoisotopic (exact) mass is 426 g/mol. The Morgan fingerprint density at radius 2 is 1.58 bits per heavy atom. The summed E-state index contributed by atoms with van der Waals surface area (Å²) in [4.78, 5) is 18.8. The number of nitrogens with one attached hydrogen (secondary N) is 1. The molecule has 1 amide bonds. The van der Waals surface area contributed by atoms with Gasteiger partial charge in [0, 0.05) is 16.0 Å². The van der Waals surface area contributed by atoms with Gasteiger partial charge in [0.25, 0.3) is 5.91 Å². The Balaban J connectivity index is 1.61. The van der Waals surface area contributed by atoms with Crippen LogP contribution in [0.4, 0.5) is 5.13 Å². The maximum atomic E-state index is 12.8. The molecule has 0 aliphatic heterocycles. The van der Waals surface area contributed by atoms with Crippen LogP contribution in [0.5, 0.6) is 0 Å². The number of hydrogen-bond donors (Lipinski definition) is 1. The van der Waals surface area contributed by atoms with Crippen molar-refractivity contribution in [3.8, 4) is 22.4 Å². The van der Waals surface area contributed by atoms with Gasteiger partial charge in [0.2, 0.25) is 0 Å². The second-order valence-electron chi connectivity index (χ2n) is 7.76. The summed E-state index contributed by atoms with van der Waals surface area (Å²) in [5.41, 5.74) is 7.22. The number of carbonyl (C=O) groups excluding carboxylic acids is 1. The van der Waals surface area contributed by atoms with Gasteiger partial charge < -0.3 is 0 Å². The number of thiazole rings is 1. The van der Waals surface area contributed by atoms with Crippen LogP contribution in [0.25, 0.3) is 22.4 Å². The van der Waals surface area contributed by atoms with Crippen LogP contribution in [0.1, 0.15) is 39.7 Å².